The molecular weight excluding hydrogens is 202 g/mol. The molecule has 16 heavy (non-hydrogen) atoms. The fourth-order valence-electron chi connectivity index (χ4n) is 1.74. The fourth-order valence-corrected chi connectivity index (χ4v) is 1.74. The van der Waals surface area contributed by atoms with Crippen LogP contribution in [0.25, 0.3) is 0 Å². The number of hydrogen-bond donors (Lipinski definition) is 1. The molecule has 0 aliphatic rings. The maximum Gasteiger partial charge on any atom is 0.239 e. The number of hydrogen-bond acceptors (Lipinski definition) is 3. The molecule has 1 atom stereocenters. The van der Waals surface area contributed by atoms with E-state index in [9.17, 15) is 4.79 Å². The number of amides is 1. The van der Waals surface area contributed by atoms with E-state index in [-0.39, 0.29) is 11.9 Å². The van der Waals surface area contributed by atoms with Gasteiger partial charge in [0, 0.05) is 13.1 Å². The molecular formula is C12H27N3O. The number of carbonyl (C=O) groups excluding carboxylic acids is 1. The second-order valence-electron chi connectivity index (χ2n) is 4.09. The lowest BCUT2D eigenvalue weighted by Crippen LogP contribution is -2.43. The van der Waals surface area contributed by atoms with Gasteiger partial charge in [-0.3, -0.25) is 4.79 Å². The van der Waals surface area contributed by atoms with Crippen LogP contribution in [0, 0.1) is 0 Å². The van der Waals surface area contributed by atoms with Gasteiger partial charge in [-0.05, 0) is 39.9 Å². The predicted molar refractivity (Wildman–Crippen MR) is 68.3 cm³/mol. The molecule has 0 heterocycles. The van der Waals surface area contributed by atoms with E-state index >= 15 is 0 Å². The van der Waals surface area contributed by atoms with E-state index in [1.807, 2.05) is 11.8 Å². The second kappa shape index (κ2) is 8.53. The molecule has 0 fully saturated rings. The highest BCUT2D eigenvalue weighted by atomic mass is 16.2. The van der Waals surface area contributed by atoms with Crippen molar-refractivity contribution >= 4 is 5.91 Å². The van der Waals surface area contributed by atoms with E-state index in [1.54, 1.807) is 6.92 Å². The first kappa shape index (κ1) is 15.4. The van der Waals surface area contributed by atoms with Crippen LogP contribution in [-0.4, -0.2) is 54.5 Å². The minimum Gasteiger partial charge on any atom is -0.342 e. The Labute approximate surface area is 99.8 Å². The SMILES string of the molecule is CCN(CC)CCCN(CC)C(=O)[C@@H](C)N. The van der Waals surface area contributed by atoms with Crippen molar-refractivity contribution in [3.05, 3.63) is 0 Å². The summed E-state index contributed by atoms with van der Waals surface area (Å²) in [6.45, 7) is 12.8. The van der Waals surface area contributed by atoms with Gasteiger partial charge in [0.05, 0.1) is 6.04 Å². The predicted octanol–water partition coefficient (Wildman–Crippen LogP) is 0.914. The second-order valence-corrected chi connectivity index (χ2v) is 4.09. The van der Waals surface area contributed by atoms with Crippen LogP contribution in [-0.2, 0) is 4.79 Å². The van der Waals surface area contributed by atoms with Crippen LogP contribution in [0.3, 0.4) is 0 Å². The molecule has 0 aromatic heterocycles. The Kier molecular flexibility index (Phi) is 8.21. The minimum absolute atomic E-state index is 0.0575. The molecule has 0 rings (SSSR count). The number of rotatable bonds is 8. The first-order chi connectivity index (χ1) is 7.56. The molecule has 0 unspecified atom stereocenters. The molecule has 0 radical (unpaired) electrons. The molecule has 4 nitrogen and oxygen atoms in total. The third-order valence-corrected chi connectivity index (χ3v) is 2.88. The van der Waals surface area contributed by atoms with Gasteiger partial charge in [-0.25, -0.2) is 0 Å². The topological polar surface area (TPSA) is 49.6 Å². The lowest BCUT2D eigenvalue weighted by Gasteiger charge is -2.24. The fraction of sp³-hybridized carbons (Fsp3) is 0.917. The van der Waals surface area contributed by atoms with Crippen LogP contribution >= 0.6 is 0 Å². The molecule has 1 amide bonds. The largest absolute Gasteiger partial charge is 0.342 e. The molecule has 96 valence electrons. The molecule has 0 saturated carbocycles. The van der Waals surface area contributed by atoms with Crippen LogP contribution in [0.4, 0.5) is 0 Å². The van der Waals surface area contributed by atoms with E-state index < -0.39 is 0 Å². The van der Waals surface area contributed by atoms with Gasteiger partial charge in [-0.1, -0.05) is 13.8 Å². The Morgan fingerprint density at radius 3 is 2.06 bits per heavy atom. The zero-order chi connectivity index (χ0) is 12.6. The standard InChI is InChI=1S/C12H27N3O/c1-5-14(6-2)9-8-10-15(7-3)12(16)11(4)13/h11H,5-10,13H2,1-4H3/t11-/m1/s1. The summed E-state index contributed by atoms with van der Waals surface area (Å²) in [5.41, 5.74) is 5.59. The van der Waals surface area contributed by atoms with E-state index in [0.717, 1.165) is 39.1 Å². The summed E-state index contributed by atoms with van der Waals surface area (Å²) in [6.07, 6.45) is 1.02. The highest BCUT2D eigenvalue weighted by Crippen LogP contribution is 1.98. The smallest absolute Gasteiger partial charge is 0.239 e. The first-order valence-corrected chi connectivity index (χ1v) is 6.33. The summed E-state index contributed by atoms with van der Waals surface area (Å²) in [7, 11) is 0. The van der Waals surface area contributed by atoms with Crippen LogP contribution in [0.2, 0.25) is 0 Å². The Morgan fingerprint density at radius 1 is 1.12 bits per heavy atom. The van der Waals surface area contributed by atoms with Gasteiger partial charge in [0.25, 0.3) is 0 Å². The Hall–Kier alpha value is -0.610. The van der Waals surface area contributed by atoms with E-state index in [2.05, 4.69) is 18.7 Å². The maximum absolute atomic E-state index is 11.7. The zero-order valence-corrected chi connectivity index (χ0v) is 11.2. The van der Waals surface area contributed by atoms with Crippen LogP contribution < -0.4 is 5.73 Å². The Bertz CT molecular complexity index is 191. The van der Waals surface area contributed by atoms with Gasteiger partial charge >= 0.3 is 0 Å². The quantitative estimate of drug-likeness (QED) is 0.673. The average Bonchev–Trinajstić information content (AvgIpc) is 2.28. The molecule has 2 N–H and O–H groups in total. The van der Waals surface area contributed by atoms with Crippen molar-refractivity contribution in [2.45, 2.75) is 40.2 Å². The van der Waals surface area contributed by atoms with Crippen molar-refractivity contribution in [1.29, 1.82) is 0 Å². The summed E-state index contributed by atoms with van der Waals surface area (Å²) in [4.78, 5) is 15.9. The van der Waals surface area contributed by atoms with Crippen molar-refractivity contribution in [1.82, 2.24) is 9.80 Å². The number of likely N-dealkylation sites (N-methyl/N-ethyl adjacent to an activating group) is 1. The lowest BCUT2D eigenvalue weighted by molar-refractivity contribution is -0.132. The van der Waals surface area contributed by atoms with Crippen molar-refractivity contribution in [3.63, 3.8) is 0 Å². The van der Waals surface area contributed by atoms with Crippen LogP contribution in [0.15, 0.2) is 0 Å². The average molecular weight is 229 g/mol. The van der Waals surface area contributed by atoms with E-state index in [0.29, 0.717) is 0 Å². The van der Waals surface area contributed by atoms with Gasteiger partial charge in [0.2, 0.25) is 5.91 Å². The highest BCUT2D eigenvalue weighted by molar-refractivity contribution is 5.81. The summed E-state index contributed by atoms with van der Waals surface area (Å²) < 4.78 is 0. The molecule has 0 spiro atoms. The summed E-state index contributed by atoms with van der Waals surface area (Å²) in [6, 6.07) is -0.381. The van der Waals surface area contributed by atoms with Crippen molar-refractivity contribution in [3.8, 4) is 0 Å². The van der Waals surface area contributed by atoms with Gasteiger partial charge < -0.3 is 15.5 Å². The first-order valence-electron chi connectivity index (χ1n) is 6.33. The molecule has 0 aliphatic carbocycles. The monoisotopic (exact) mass is 229 g/mol. The van der Waals surface area contributed by atoms with Crippen molar-refractivity contribution in [2.24, 2.45) is 5.73 Å². The van der Waals surface area contributed by atoms with E-state index in [4.69, 9.17) is 5.73 Å². The number of nitrogens with zero attached hydrogens (tertiary/aromatic N) is 2. The zero-order valence-electron chi connectivity index (χ0n) is 11.2. The maximum atomic E-state index is 11.7. The molecule has 0 saturated heterocycles. The van der Waals surface area contributed by atoms with Gasteiger partial charge in [-0.2, -0.15) is 0 Å². The van der Waals surface area contributed by atoms with Gasteiger partial charge in [-0.15, -0.1) is 0 Å². The highest BCUT2D eigenvalue weighted by Gasteiger charge is 2.15. The molecule has 0 aromatic carbocycles. The van der Waals surface area contributed by atoms with Gasteiger partial charge in [0.15, 0.2) is 0 Å². The molecule has 0 aromatic rings. The van der Waals surface area contributed by atoms with Crippen molar-refractivity contribution in [2.75, 3.05) is 32.7 Å². The van der Waals surface area contributed by atoms with Crippen molar-refractivity contribution < 1.29 is 4.79 Å². The summed E-state index contributed by atoms with van der Waals surface area (Å²) in [5, 5.41) is 0. The number of nitrogens with two attached hydrogens (primary N) is 1. The Balaban J connectivity index is 3.92. The Morgan fingerprint density at radius 2 is 1.69 bits per heavy atom. The number of carbonyl (C=O) groups is 1. The normalized spacial score (nSPS) is 12.9. The summed E-state index contributed by atoms with van der Waals surface area (Å²) >= 11 is 0. The van der Waals surface area contributed by atoms with Crippen LogP contribution in [0.1, 0.15) is 34.1 Å². The third-order valence-electron chi connectivity index (χ3n) is 2.88. The molecule has 4 heteroatoms. The summed E-state index contributed by atoms with van der Waals surface area (Å²) in [5.74, 6) is 0.0575. The lowest BCUT2D eigenvalue weighted by atomic mass is 10.2. The molecule has 0 bridgehead atoms. The van der Waals surface area contributed by atoms with E-state index in [1.165, 1.54) is 0 Å². The molecule has 0 aliphatic heterocycles. The van der Waals surface area contributed by atoms with Gasteiger partial charge in [0.1, 0.15) is 0 Å². The third kappa shape index (κ3) is 5.47. The minimum atomic E-state index is -0.381. The van der Waals surface area contributed by atoms with Crippen LogP contribution in [0.5, 0.6) is 0 Å².